The Labute approximate surface area is 829 Å². The van der Waals surface area contributed by atoms with Gasteiger partial charge in [-0.3, -0.25) is 84.5 Å². The second kappa shape index (κ2) is 50.5. The van der Waals surface area contributed by atoms with Crippen molar-refractivity contribution in [3.05, 3.63) is 417 Å². The maximum atomic E-state index is 13.4. The van der Waals surface area contributed by atoms with Crippen LogP contribution in [0.1, 0.15) is 167 Å². The van der Waals surface area contributed by atoms with Gasteiger partial charge < -0.3 is 30.6 Å². The van der Waals surface area contributed by atoms with E-state index in [1.54, 1.807) is 122 Å². The summed E-state index contributed by atoms with van der Waals surface area (Å²) in [6, 6.07) is 83.3. The molecule has 16 rings (SSSR count). The Bertz CT molecular complexity index is 6390. The van der Waals surface area contributed by atoms with Crippen LogP contribution in [0.3, 0.4) is 0 Å². The van der Waals surface area contributed by atoms with E-state index < -0.39 is 23.8 Å². The van der Waals surface area contributed by atoms with Gasteiger partial charge in [0.2, 0.25) is 0 Å². The first-order valence-electron chi connectivity index (χ1n) is 47.6. The molecule has 0 aliphatic carbocycles. The van der Waals surface area contributed by atoms with Crippen molar-refractivity contribution >= 4 is 65.1 Å². The van der Waals surface area contributed by atoms with E-state index in [2.05, 4.69) is 95.4 Å². The lowest BCUT2D eigenvalue weighted by Gasteiger charge is -2.25. The fourth-order valence-corrected chi connectivity index (χ4v) is 16.7. The summed E-state index contributed by atoms with van der Waals surface area (Å²) < 4.78 is 45.3. The van der Waals surface area contributed by atoms with Crippen LogP contribution in [-0.2, 0) is 96.1 Å². The molecule has 0 bridgehead atoms. The Kier molecular flexibility index (Phi) is 35.7. The number of carbonyl (C=O) groups is 7. The van der Waals surface area contributed by atoms with Crippen LogP contribution in [0.25, 0.3) is 0 Å². The molecular weight excluding hydrogens is 1810 g/mol. The molecule has 14 aromatic rings. The average Bonchev–Trinajstić information content (AvgIpc) is 1.64. The average molecular weight is 1930 g/mol. The van der Waals surface area contributed by atoms with Crippen LogP contribution in [0.15, 0.2) is 304 Å². The highest BCUT2D eigenvalue weighted by Crippen LogP contribution is 2.31. The summed E-state index contributed by atoms with van der Waals surface area (Å²) in [5.41, 5.74) is 19.4. The number of halogens is 2. The van der Waals surface area contributed by atoms with E-state index in [4.69, 9.17) is 34.9 Å². The summed E-state index contributed by atoms with van der Waals surface area (Å²) in [6.45, 7) is 13.2. The van der Waals surface area contributed by atoms with Gasteiger partial charge in [0.05, 0.1) is 81.0 Å². The molecule has 0 saturated heterocycles. The second-order valence-corrected chi connectivity index (χ2v) is 35.8. The fraction of sp³-hybridized carbons (Fsp3) is 0.252. The van der Waals surface area contributed by atoms with Crippen molar-refractivity contribution in [1.82, 2.24) is 79.9 Å². The van der Waals surface area contributed by atoms with E-state index in [1.807, 2.05) is 154 Å². The van der Waals surface area contributed by atoms with Crippen molar-refractivity contribution in [3.63, 3.8) is 0 Å². The van der Waals surface area contributed by atoms with E-state index in [1.165, 1.54) is 34.1 Å². The van der Waals surface area contributed by atoms with Gasteiger partial charge in [0.15, 0.2) is 0 Å². The molecule has 32 heteroatoms. The number of ether oxygens (including phenoxy) is 3. The number of nitrogens with two attached hydrogens (primary N) is 1. The number of amides is 9. The van der Waals surface area contributed by atoms with Crippen LogP contribution in [0.2, 0.25) is 0 Å². The van der Waals surface area contributed by atoms with Crippen molar-refractivity contribution in [2.45, 2.75) is 143 Å². The minimum absolute atomic E-state index is 0.256. The van der Waals surface area contributed by atoms with E-state index in [9.17, 15) is 42.3 Å². The molecule has 732 valence electrons. The molecule has 0 fully saturated rings. The first-order valence-corrected chi connectivity index (χ1v) is 47.6. The van der Waals surface area contributed by atoms with E-state index in [0.717, 1.165) is 67.5 Å². The number of imide groups is 2. The lowest BCUT2D eigenvalue weighted by Crippen LogP contribution is -2.31. The summed E-state index contributed by atoms with van der Waals surface area (Å²) >= 11 is 0. The van der Waals surface area contributed by atoms with Gasteiger partial charge in [-0.2, -0.15) is 0 Å². The molecule has 8 aromatic heterocycles. The third-order valence-electron chi connectivity index (χ3n) is 23.1. The Morgan fingerprint density at radius 2 is 0.636 bits per heavy atom. The highest BCUT2D eigenvalue weighted by Gasteiger charge is 2.36. The van der Waals surface area contributed by atoms with Gasteiger partial charge in [0.25, 0.3) is 23.6 Å². The molecule has 9 amide bonds. The molecule has 0 atom stereocenters. The molecule has 2 aliphatic rings. The van der Waals surface area contributed by atoms with Crippen LogP contribution in [0, 0.1) is 11.6 Å². The normalized spacial score (nSPS) is 12.2. The van der Waals surface area contributed by atoms with Gasteiger partial charge in [-0.25, -0.2) is 43.1 Å². The number of hydrogen-bond donors (Lipinski definition) is 6. The van der Waals surface area contributed by atoms with Gasteiger partial charge in [-0.1, -0.05) is 109 Å². The smallest absolute Gasteiger partial charge is 0.413 e. The number of nitrogens with zero attached hydrogens (tertiary/aromatic N) is 14. The fourth-order valence-electron chi connectivity index (χ4n) is 16.7. The van der Waals surface area contributed by atoms with Crippen LogP contribution < -0.4 is 41.8 Å². The highest BCUT2D eigenvalue weighted by atomic mass is 19.1. The molecule has 7 N–H and O–H groups in total. The maximum absolute atomic E-state index is 13.4. The van der Waals surface area contributed by atoms with Gasteiger partial charge in [0, 0.05) is 130 Å². The molecule has 2 aliphatic heterocycles. The van der Waals surface area contributed by atoms with Gasteiger partial charge in [-0.15, -0.1) is 0 Å². The predicted octanol–water partition coefficient (Wildman–Crippen LogP) is 18.2. The number of urea groups is 2. The summed E-state index contributed by atoms with van der Waals surface area (Å²) in [7, 11) is 0. The minimum Gasteiger partial charge on any atom is -0.494 e. The lowest BCUT2D eigenvalue weighted by molar-refractivity contribution is 0.0626. The molecular formula is C111H114F2N20O10. The van der Waals surface area contributed by atoms with Crippen LogP contribution in [0.5, 0.6) is 11.5 Å². The minimum atomic E-state index is -0.651. The Hall–Kier alpha value is -16.3. The maximum Gasteiger partial charge on any atom is 0.413 e. The summed E-state index contributed by atoms with van der Waals surface area (Å²) in [4.78, 5) is 140. The number of unbranched alkanes of at least 4 members (excludes halogenated alkanes) is 2. The SMILES string of the molecule is CC(C)(C)OC(=O)Nc1cccc(CN(Cc2cc(CN(Cc3ccccn3)Cc3cccc(N)n3)cc(OCCCCN3C(=O)c4ccccc4C3=O)c2)Cc2ccccn2)n1.O=C(NCCc1ccc(F)cc1)Nc1cccc(CN(Cc2cc(CN(Cc3ccccn3)Cc3cccc(NC(=O)NCCc4ccc(F)cc4)n3)cc(OCCCCN3C(=O)c4ccccc4C3=O)c2)Cc2ccccn2)n1. The topological polar surface area (TPSA) is 356 Å². The second-order valence-electron chi connectivity index (χ2n) is 35.8. The molecule has 10 heterocycles. The van der Waals surface area contributed by atoms with Crippen molar-refractivity contribution in [3.8, 4) is 11.5 Å². The Morgan fingerprint density at radius 1 is 0.336 bits per heavy atom. The van der Waals surface area contributed by atoms with Crippen molar-refractivity contribution < 1.29 is 56.6 Å². The molecule has 0 radical (unpaired) electrons. The predicted molar refractivity (Wildman–Crippen MR) is 540 cm³/mol. The van der Waals surface area contributed by atoms with Crippen LogP contribution in [-0.4, -0.2) is 156 Å². The van der Waals surface area contributed by atoms with Crippen molar-refractivity contribution in [2.75, 3.05) is 61.1 Å². The van der Waals surface area contributed by atoms with Crippen LogP contribution in [0.4, 0.5) is 46.4 Å². The number of fused-ring (bicyclic) bond motifs is 2. The number of nitrogen functional groups attached to an aromatic ring is 1. The molecule has 0 spiro atoms. The number of pyridine rings is 8. The van der Waals surface area contributed by atoms with Crippen molar-refractivity contribution in [1.29, 1.82) is 0 Å². The number of anilines is 4. The zero-order chi connectivity index (χ0) is 99.7. The lowest BCUT2D eigenvalue weighted by atomic mass is 10.1. The third kappa shape index (κ3) is 31.6. The van der Waals surface area contributed by atoms with E-state index >= 15 is 0 Å². The summed E-state index contributed by atoms with van der Waals surface area (Å²) in [5, 5.41) is 14.2. The van der Waals surface area contributed by atoms with Crippen LogP contribution >= 0.6 is 0 Å². The quantitative estimate of drug-likeness (QED) is 0.0152. The highest BCUT2D eigenvalue weighted by molar-refractivity contribution is 6.22. The summed E-state index contributed by atoms with van der Waals surface area (Å²) in [6.07, 6.45) is 9.93. The monoisotopic (exact) mass is 1920 g/mol. The van der Waals surface area contributed by atoms with Gasteiger partial charge >= 0.3 is 18.2 Å². The van der Waals surface area contributed by atoms with Gasteiger partial charge in [0.1, 0.15) is 52.0 Å². The third-order valence-corrected chi connectivity index (χ3v) is 23.1. The summed E-state index contributed by atoms with van der Waals surface area (Å²) in [5.74, 6) is 1.23. The number of hydrogen-bond acceptors (Lipinski definition) is 23. The molecule has 0 saturated carbocycles. The first kappa shape index (κ1) is 101. The Balaban J connectivity index is 0.000000222. The zero-order valence-electron chi connectivity index (χ0n) is 80.0. The van der Waals surface area contributed by atoms with Crippen molar-refractivity contribution in [2.24, 2.45) is 0 Å². The standard InChI is InChI=1S/C62H61F2N11O5.C49H53N9O5/c63-48-23-19-44(20-24-48)27-31-67-61(78)71-57-17-9-13-52(69-57)42-73(40-50-11-3-5-29-65-50)38-46-35-47(37-54(36-46)80-34-8-7-33-75-59(76)55-15-1-2-16-56(55)60(75)77)39-74(41-51-12-4-6-30-66-51)43-53-14-10-18-58(70-53)72-62(79)68-32-28-45-21-25-49(64)26-22-45;1-49(2,3)63-48(61)55-45-21-13-17-40(54-45)34-57(32-38-15-7-9-23-52-38)30-36-26-35(29-56(31-37-14-6-8-22-51-37)33-39-16-12-20-44(50)53-39)27-41(28-36)62-25-11-10-24-58-46(59)42-18-4-5-19-43(42)47(58)60/h1-6,9-26,29-30,35-37H,7-8,27-28,31-34,38-43H2,(H2,67,69,71,78)(H2,68,70,72,79);4-9,12-23,26-28H,10-11,24-25,29-34H2,1-3H3,(H2,50,53)(H,54,55,61). The van der Waals surface area contributed by atoms with E-state index in [0.29, 0.717) is 218 Å². The number of rotatable bonds is 45. The largest absolute Gasteiger partial charge is 0.494 e. The molecule has 6 aromatic carbocycles. The number of nitrogens with one attached hydrogen (secondary N) is 5. The number of aromatic nitrogens is 8. The molecule has 0 unspecified atom stereocenters. The van der Waals surface area contributed by atoms with E-state index in [-0.39, 0.29) is 41.8 Å². The molecule has 143 heavy (non-hydrogen) atoms. The number of benzene rings is 6. The first-order chi connectivity index (χ1) is 69.5. The Morgan fingerprint density at radius 3 is 0.951 bits per heavy atom. The molecule has 30 nitrogen and oxygen atoms in total. The number of carbonyl (C=O) groups excluding carboxylic acids is 7. The zero-order valence-corrected chi connectivity index (χ0v) is 80.0. The van der Waals surface area contributed by atoms with Gasteiger partial charge in [-0.05, 0) is 263 Å².